The third-order valence-corrected chi connectivity index (χ3v) is 9.10. The molecule has 0 bridgehead atoms. The lowest BCUT2D eigenvalue weighted by Crippen LogP contribution is -2.42. The maximum absolute atomic E-state index is 8.31. The molecule has 1 saturated heterocycles. The van der Waals surface area contributed by atoms with Crippen LogP contribution in [0.3, 0.4) is 0 Å². The molecule has 5 nitrogen and oxygen atoms in total. The summed E-state index contributed by atoms with van der Waals surface area (Å²) in [4.78, 5) is 24.9. The molecule has 8 heteroatoms. The summed E-state index contributed by atoms with van der Waals surface area (Å²) < 4.78 is 8.51. The van der Waals surface area contributed by atoms with Gasteiger partial charge in [0.1, 0.15) is 0 Å². The molecule has 1 aliphatic rings. The van der Waals surface area contributed by atoms with Crippen molar-refractivity contribution in [2.75, 3.05) is 0 Å². The van der Waals surface area contributed by atoms with Gasteiger partial charge in [-0.05, 0) is 25.2 Å². The Kier molecular flexibility index (Phi) is 7.63. The highest BCUT2D eigenvalue weighted by Gasteiger charge is 2.35. The second kappa shape index (κ2) is 7.46. The summed E-state index contributed by atoms with van der Waals surface area (Å²) in [6.07, 6.45) is 4.53. The minimum Gasteiger partial charge on any atom is -0.366 e. The van der Waals surface area contributed by atoms with Crippen LogP contribution in [0.4, 0.5) is 0 Å². The van der Waals surface area contributed by atoms with Crippen LogP contribution in [-0.2, 0) is 9.15 Å². The van der Waals surface area contributed by atoms with E-state index in [0.29, 0.717) is 0 Å². The molecule has 0 spiro atoms. The van der Waals surface area contributed by atoms with E-state index in [1.165, 1.54) is 19.3 Å². The lowest BCUT2D eigenvalue weighted by atomic mass is 10.2. The zero-order valence-corrected chi connectivity index (χ0v) is 16.1. The Hall–Kier alpha value is 0.451. The topological polar surface area (TPSA) is 79.2 Å². The molecule has 0 saturated carbocycles. The van der Waals surface area contributed by atoms with Gasteiger partial charge >= 0.3 is 9.05 Å². The van der Waals surface area contributed by atoms with E-state index >= 15 is 0 Å². The molecule has 0 aromatic rings. The quantitative estimate of drug-likeness (QED) is 0.422. The number of rotatable bonds is 3. The number of hydrogen-bond acceptors (Lipinski definition) is 5. The van der Waals surface area contributed by atoms with Gasteiger partial charge in [-0.25, -0.2) is 4.58 Å². The molecule has 0 aliphatic carbocycles. The van der Waals surface area contributed by atoms with Crippen LogP contribution >= 0.6 is 0 Å². The standard InChI is InChI=1S/C8H18Si.C3H12O5Si2/c1-8-6-4-5-7-9(8,2)3;1-9(2,3)7-8-10(4,5)6/h8H,4-7H2,1-3H3;4-6H,1-3H3. The van der Waals surface area contributed by atoms with Crippen molar-refractivity contribution in [1.82, 2.24) is 0 Å². The van der Waals surface area contributed by atoms with Crippen molar-refractivity contribution in [3.63, 3.8) is 0 Å². The summed E-state index contributed by atoms with van der Waals surface area (Å²) in [6, 6.07) is 1.58. The minimum absolute atomic E-state index is 0.694. The van der Waals surface area contributed by atoms with E-state index in [1.54, 1.807) is 25.7 Å². The average Bonchev–Trinajstić information content (AvgIpc) is 2.19. The maximum Gasteiger partial charge on any atom is 0.698 e. The van der Waals surface area contributed by atoms with Gasteiger partial charge in [-0.2, -0.15) is 0 Å². The van der Waals surface area contributed by atoms with Gasteiger partial charge in [0.05, 0.1) is 8.07 Å². The lowest BCUT2D eigenvalue weighted by Gasteiger charge is -2.34. The third-order valence-electron chi connectivity index (χ3n) is 3.45. The van der Waals surface area contributed by atoms with E-state index in [9.17, 15) is 0 Å². The molecule has 19 heavy (non-hydrogen) atoms. The Labute approximate surface area is 120 Å². The average molecular weight is 327 g/mol. The van der Waals surface area contributed by atoms with E-state index in [1.807, 2.05) is 0 Å². The van der Waals surface area contributed by atoms with Crippen molar-refractivity contribution in [3.8, 4) is 0 Å². The summed E-state index contributed by atoms with van der Waals surface area (Å²) >= 11 is 0. The van der Waals surface area contributed by atoms with Gasteiger partial charge in [-0.1, -0.05) is 45.3 Å². The molecule has 1 aliphatic heterocycles. The van der Waals surface area contributed by atoms with Crippen LogP contribution in [0.25, 0.3) is 0 Å². The predicted octanol–water partition coefficient (Wildman–Crippen LogP) is 2.45. The SMILES string of the molecule is CC1CCCC[Si]1(C)C.C[Si](C)(C)OO[Si](O)(O)O. The lowest BCUT2D eigenvalue weighted by molar-refractivity contribution is -0.187. The van der Waals surface area contributed by atoms with Crippen molar-refractivity contribution in [2.45, 2.75) is 70.5 Å². The van der Waals surface area contributed by atoms with Crippen LogP contribution in [0.15, 0.2) is 0 Å². The van der Waals surface area contributed by atoms with Crippen molar-refractivity contribution in [3.05, 3.63) is 0 Å². The van der Waals surface area contributed by atoms with E-state index in [4.69, 9.17) is 14.4 Å². The van der Waals surface area contributed by atoms with Gasteiger partial charge in [0, 0.05) is 0 Å². The highest BCUT2D eigenvalue weighted by atomic mass is 28.4. The van der Waals surface area contributed by atoms with Crippen molar-refractivity contribution >= 4 is 25.4 Å². The van der Waals surface area contributed by atoms with E-state index in [-0.39, 0.29) is 0 Å². The Bertz CT molecular complexity index is 246. The molecular weight excluding hydrogens is 296 g/mol. The molecule has 116 valence electrons. The van der Waals surface area contributed by atoms with Gasteiger partial charge in [-0.15, -0.1) is 0 Å². The first-order valence-electron chi connectivity index (χ1n) is 6.87. The predicted molar refractivity (Wildman–Crippen MR) is 83.5 cm³/mol. The van der Waals surface area contributed by atoms with Crippen LogP contribution in [-0.4, -0.2) is 39.8 Å². The second-order valence-electron chi connectivity index (χ2n) is 6.99. The van der Waals surface area contributed by atoms with Crippen molar-refractivity contribution in [1.29, 1.82) is 0 Å². The largest absolute Gasteiger partial charge is 0.698 e. The molecule has 0 radical (unpaired) electrons. The second-order valence-corrected chi connectivity index (χ2v) is 18.2. The fourth-order valence-electron chi connectivity index (χ4n) is 1.85. The first-order chi connectivity index (χ1) is 8.33. The normalized spacial score (nSPS) is 23.5. The first-order valence-corrected chi connectivity index (χ1v) is 15.3. The molecule has 1 unspecified atom stereocenters. The van der Waals surface area contributed by atoms with E-state index < -0.39 is 25.4 Å². The summed E-state index contributed by atoms with van der Waals surface area (Å²) in [5, 5.41) is 0. The highest BCUT2D eigenvalue weighted by Crippen LogP contribution is 2.36. The third kappa shape index (κ3) is 10.9. The Balaban J connectivity index is 0.000000342. The maximum atomic E-state index is 8.31. The monoisotopic (exact) mass is 326 g/mol. The Morgan fingerprint density at radius 1 is 1.00 bits per heavy atom. The van der Waals surface area contributed by atoms with Gasteiger partial charge in [0.2, 0.25) is 8.32 Å². The zero-order valence-electron chi connectivity index (χ0n) is 13.1. The van der Waals surface area contributed by atoms with Crippen LogP contribution < -0.4 is 0 Å². The van der Waals surface area contributed by atoms with Crippen molar-refractivity contribution in [2.24, 2.45) is 0 Å². The fraction of sp³-hybridized carbons (Fsp3) is 1.00. The minimum atomic E-state index is -4.45. The highest BCUT2D eigenvalue weighted by molar-refractivity contribution is 6.78. The molecular formula is C11H30O5Si3. The smallest absolute Gasteiger partial charge is 0.366 e. The molecule has 0 aromatic carbocycles. The zero-order chi connectivity index (χ0) is 15.3. The number of hydrogen-bond donors (Lipinski definition) is 3. The molecule has 0 amide bonds. The summed E-state index contributed by atoms with van der Waals surface area (Å²) in [6.45, 7) is 12.9. The van der Waals surface area contributed by atoms with Gasteiger partial charge in [-0.3, -0.25) is 4.58 Å². The van der Waals surface area contributed by atoms with Crippen LogP contribution in [0, 0.1) is 0 Å². The van der Waals surface area contributed by atoms with Crippen LogP contribution in [0.2, 0.25) is 44.3 Å². The molecule has 1 heterocycles. The molecule has 3 N–H and O–H groups in total. The molecule has 1 rings (SSSR count). The molecule has 1 atom stereocenters. The summed E-state index contributed by atoms with van der Waals surface area (Å²) in [5.74, 6) is 0. The summed E-state index contributed by atoms with van der Waals surface area (Å²) in [5.41, 5.74) is 1.09. The first kappa shape index (κ1) is 19.5. The van der Waals surface area contributed by atoms with Crippen LogP contribution in [0.1, 0.15) is 26.2 Å². The van der Waals surface area contributed by atoms with E-state index in [2.05, 4.69) is 29.2 Å². The van der Waals surface area contributed by atoms with Gasteiger partial charge < -0.3 is 14.4 Å². The Morgan fingerprint density at radius 2 is 1.53 bits per heavy atom. The Morgan fingerprint density at radius 3 is 1.74 bits per heavy atom. The van der Waals surface area contributed by atoms with Gasteiger partial charge in [0.25, 0.3) is 0 Å². The van der Waals surface area contributed by atoms with Gasteiger partial charge in [0.15, 0.2) is 0 Å². The van der Waals surface area contributed by atoms with Crippen LogP contribution in [0.5, 0.6) is 0 Å². The summed E-state index contributed by atoms with van der Waals surface area (Å²) in [7, 11) is -7.08. The fourth-order valence-corrected chi connectivity index (χ4v) is 5.94. The molecule has 0 aromatic heterocycles. The van der Waals surface area contributed by atoms with Crippen molar-refractivity contribution < 1.29 is 23.5 Å². The van der Waals surface area contributed by atoms with E-state index in [0.717, 1.165) is 5.54 Å². The molecule has 1 fully saturated rings.